The molecule has 0 bridgehead atoms. The molecule has 1 atom stereocenters. The highest BCUT2D eigenvalue weighted by Gasteiger charge is 2.54. The van der Waals surface area contributed by atoms with Gasteiger partial charge in [0.15, 0.2) is 0 Å². The maximum Gasteiger partial charge on any atom is 0.270 e. The molecule has 1 saturated carbocycles. The van der Waals surface area contributed by atoms with Crippen molar-refractivity contribution in [2.45, 2.75) is 50.9 Å². The van der Waals surface area contributed by atoms with Gasteiger partial charge >= 0.3 is 0 Å². The average molecular weight is 452 g/mol. The molecule has 1 heterocycles. The van der Waals surface area contributed by atoms with E-state index in [1.54, 1.807) is 22.9 Å². The number of ether oxygens (including phenoxy) is 1. The van der Waals surface area contributed by atoms with E-state index in [2.05, 4.69) is 6.92 Å². The minimum atomic E-state index is -0.859. The lowest BCUT2D eigenvalue weighted by atomic mass is 9.83. The molecule has 1 aliphatic heterocycles. The Balaban J connectivity index is 1.64. The number of hydrogen-bond donors (Lipinski definition) is 0. The smallest absolute Gasteiger partial charge is 0.270 e. The molecule has 174 valence electrons. The van der Waals surface area contributed by atoms with E-state index in [-0.39, 0.29) is 23.8 Å². The Morgan fingerprint density at radius 1 is 1.15 bits per heavy atom. The molecule has 8 nitrogen and oxygen atoms in total. The van der Waals surface area contributed by atoms with E-state index >= 15 is 0 Å². The van der Waals surface area contributed by atoms with Crippen LogP contribution in [0.4, 0.5) is 5.69 Å². The van der Waals surface area contributed by atoms with Gasteiger partial charge in [-0.3, -0.25) is 24.6 Å². The minimum Gasteiger partial charge on any atom is -0.353 e. The van der Waals surface area contributed by atoms with Crippen molar-refractivity contribution in [3.63, 3.8) is 0 Å². The van der Waals surface area contributed by atoms with Crippen molar-refractivity contribution >= 4 is 17.5 Å². The third-order valence-electron chi connectivity index (χ3n) is 6.76. The average Bonchev–Trinajstić information content (AvgIpc) is 3.19. The molecule has 1 aliphatic carbocycles. The van der Waals surface area contributed by atoms with Crippen molar-refractivity contribution in [2.24, 2.45) is 5.92 Å². The number of carbonyl (C=O) groups excluding carboxylic acids is 2. The van der Waals surface area contributed by atoms with Gasteiger partial charge in [0.2, 0.25) is 5.91 Å². The first kappa shape index (κ1) is 22.9. The highest BCUT2D eigenvalue weighted by molar-refractivity contribution is 5.99. The van der Waals surface area contributed by atoms with Gasteiger partial charge in [-0.1, -0.05) is 43.3 Å². The summed E-state index contributed by atoms with van der Waals surface area (Å²) >= 11 is 0. The van der Waals surface area contributed by atoms with Crippen molar-refractivity contribution in [1.82, 2.24) is 9.80 Å². The number of nitro benzene ring substituents is 1. The van der Waals surface area contributed by atoms with Gasteiger partial charge in [0, 0.05) is 31.3 Å². The Labute approximate surface area is 193 Å². The zero-order valence-electron chi connectivity index (χ0n) is 19.0. The van der Waals surface area contributed by atoms with Gasteiger partial charge in [0.05, 0.1) is 11.5 Å². The van der Waals surface area contributed by atoms with Crippen LogP contribution in [0, 0.1) is 16.0 Å². The normalized spacial score (nSPS) is 24.6. The van der Waals surface area contributed by atoms with Gasteiger partial charge in [-0.15, -0.1) is 0 Å². The lowest BCUT2D eigenvalue weighted by Gasteiger charge is -2.43. The van der Waals surface area contributed by atoms with Crippen LogP contribution in [0.1, 0.15) is 48.5 Å². The number of benzene rings is 2. The van der Waals surface area contributed by atoms with Gasteiger partial charge in [-0.25, -0.2) is 0 Å². The van der Waals surface area contributed by atoms with E-state index in [1.807, 2.05) is 30.3 Å². The largest absolute Gasteiger partial charge is 0.353 e. The Morgan fingerprint density at radius 3 is 2.52 bits per heavy atom. The van der Waals surface area contributed by atoms with Crippen LogP contribution in [-0.2, 0) is 16.1 Å². The van der Waals surface area contributed by atoms with Crippen LogP contribution in [0.25, 0.3) is 0 Å². The first-order valence-electron chi connectivity index (χ1n) is 11.3. The molecule has 1 unspecified atom stereocenters. The second kappa shape index (κ2) is 9.31. The second-order valence-electron chi connectivity index (χ2n) is 9.12. The molecule has 2 amide bonds. The van der Waals surface area contributed by atoms with Crippen LogP contribution >= 0.6 is 0 Å². The molecule has 33 heavy (non-hydrogen) atoms. The molecule has 2 aromatic rings. The number of nitro groups is 1. The topological polar surface area (TPSA) is 93.0 Å². The minimum absolute atomic E-state index is 0.118. The zero-order valence-corrected chi connectivity index (χ0v) is 19.0. The number of non-ortho nitro benzene ring substituents is 1. The van der Waals surface area contributed by atoms with E-state index in [0.717, 1.165) is 18.4 Å². The van der Waals surface area contributed by atoms with Crippen molar-refractivity contribution < 1.29 is 19.2 Å². The fourth-order valence-corrected chi connectivity index (χ4v) is 4.85. The molecule has 0 N–H and O–H groups in total. The van der Waals surface area contributed by atoms with Crippen molar-refractivity contribution in [1.29, 1.82) is 0 Å². The summed E-state index contributed by atoms with van der Waals surface area (Å²) in [5.74, 6) is -0.0881. The van der Waals surface area contributed by atoms with Gasteiger partial charge < -0.3 is 9.64 Å². The molecule has 0 radical (unpaired) electrons. The molecular formula is C25H29N3O5. The van der Waals surface area contributed by atoms with E-state index in [4.69, 9.17) is 4.74 Å². The lowest BCUT2D eigenvalue weighted by Crippen LogP contribution is -2.56. The summed E-state index contributed by atoms with van der Waals surface area (Å²) in [4.78, 5) is 41.2. The lowest BCUT2D eigenvalue weighted by molar-refractivity contribution is -0.384. The van der Waals surface area contributed by atoms with Gasteiger partial charge in [-0.2, -0.15) is 0 Å². The number of nitrogens with zero attached hydrogens (tertiary/aromatic N) is 3. The summed E-state index contributed by atoms with van der Waals surface area (Å²) in [6.07, 6.45) is 3.06. The van der Waals surface area contributed by atoms with Gasteiger partial charge in [0.1, 0.15) is 11.8 Å². The summed E-state index contributed by atoms with van der Waals surface area (Å²) in [5, 5.41) is 11.3. The highest BCUT2D eigenvalue weighted by atomic mass is 16.6. The van der Waals surface area contributed by atoms with Gasteiger partial charge in [0.25, 0.3) is 11.6 Å². The predicted molar refractivity (Wildman–Crippen MR) is 122 cm³/mol. The summed E-state index contributed by atoms with van der Waals surface area (Å²) in [7, 11) is 1.72. The third-order valence-corrected chi connectivity index (χ3v) is 6.76. The first-order valence-corrected chi connectivity index (χ1v) is 11.3. The Bertz CT molecular complexity index is 1030. The van der Waals surface area contributed by atoms with Crippen LogP contribution in [0.5, 0.6) is 0 Å². The number of amides is 2. The standard InChI is InChI=1S/C25H29N3O5/c1-18-11-13-25(14-12-18)27(23(29)20-9-6-10-21(15-20)28(31)32)22(17-33-25)24(30)26(2)16-19-7-4-3-5-8-19/h3-10,15,18,22H,11-14,16-17H2,1-2H3. The molecule has 2 aliphatic rings. The van der Waals surface area contributed by atoms with Crippen LogP contribution in [0.2, 0.25) is 0 Å². The van der Waals surface area contributed by atoms with Crippen LogP contribution in [0.3, 0.4) is 0 Å². The van der Waals surface area contributed by atoms with Crippen LogP contribution in [0.15, 0.2) is 54.6 Å². The molecule has 8 heteroatoms. The predicted octanol–water partition coefficient (Wildman–Crippen LogP) is 4.00. The van der Waals surface area contributed by atoms with E-state index in [0.29, 0.717) is 25.3 Å². The number of likely N-dealkylation sites (N-methyl/N-ethyl adjacent to an activating group) is 1. The third kappa shape index (κ3) is 4.61. The molecular weight excluding hydrogens is 422 g/mol. The number of rotatable bonds is 5. The number of carbonyl (C=O) groups is 2. The quantitative estimate of drug-likeness (QED) is 0.506. The monoisotopic (exact) mass is 451 g/mol. The molecule has 1 spiro atoms. The maximum absolute atomic E-state index is 13.7. The van der Waals surface area contributed by atoms with E-state index in [1.165, 1.54) is 18.2 Å². The summed E-state index contributed by atoms with van der Waals surface area (Å²) in [6.45, 7) is 2.71. The van der Waals surface area contributed by atoms with Gasteiger partial charge in [-0.05, 0) is 43.2 Å². The highest BCUT2D eigenvalue weighted by Crippen LogP contribution is 2.43. The fraction of sp³-hybridized carbons (Fsp3) is 0.440. The molecule has 0 aromatic heterocycles. The molecule has 2 fully saturated rings. The molecule has 1 saturated heterocycles. The first-order chi connectivity index (χ1) is 15.8. The Morgan fingerprint density at radius 2 is 1.85 bits per heavy atom. The number of hydrogen-bond acceptors (Lipinski definition) is 5. The van der Waals surface area contributed by atoms with E-state index < -0.39 is 22.6 Å². The zero-order chi connectivity index (χ0) is 23.6. The fourth-order valence-electron chi connectivity index (χ4n) is 4.85. The maximum atomic E-state index is 13.7. The Kier molecular flexibility index (Phi) is 6.47. The van der Waals surface area contributed by atoms with Crippen molar-refractivity contribution in [2.75, 3.05) is 13.7 Å². The SMILES string of the molecule is CC1CCC2(CC1)OCC(C(=O)N(C)Cc1ccccc1)N2C(=O)c1cccc([N+](=O)[O-])c1. The van der Waals surface area contributed by atoms with Crippen molar-refractivity contribution in [3.8, 4) is 0 Å². The Hall–Kier alpha value is -3.26. The van der Waals surface area contributed by atoms with Crippen LogP contribution < -0.4 is 0 Å². The molecule has 2 aromatic carbocycles. The summed E-state index contributed by atoms with van der Waals surface area (Å²) in [6, 6.07) is 14.6. The second-order valence-corrected chi connectivity index (χ2v) is 9.12. The molecule has 4 rings (SSSR count). The summed E-state index contributed by atoms with van der Waals surface area (Å²) < 4.78 is 6.22. The van der Waals surface area contributed by atoms with E-state index in [9.17, 15) is 19.7 Å². The van der Waals surface area contributed by atoms with Crippen LogP contribution in [-0.4, -0.2) is 52.0 Å². The van der Waals surface area contributed by atoms with Crippen molar-refractivity contribution in [3.05, 3.63) is 75.8 Å². The summed E-state index contributed by atoms with van der Waals surface area (Å²) in [5.41, 5.74) is 0.167.